The van der Waals surface area contributed by atoms with Crippen molar-refractivity contribution in [2.45, 2.75) is 4.90 Å². The van der Waals surface area contributed by atoms with Crippen LogP contribution in [-0.4, -0.2) is 21.5 Å². The standard InChI is InChI=1S/C15H11IN2O2S/c1-21-11-5-2-9(3-6-11)14-17-15(20-18-14)12-8-10(16)4-7-13(12)19/h2-8,19H,1H3. The van der Waals surface area contributed by atoms with Crippen molar-refractivity contribution in [3.63, 3.8) is 0 Å². The van der Waals surface area contributed by atoms with Gasteiger partial charge >= 0.3 is 0 Å². The molecule has 106 valence electrons. The summed E-state index contributed by atoms with van der Waals surface area (Å²) in [7, 11) is 0. The lowest BCUT2D eigenvalue weighted by atomic mass is 10.2. The third kappa shape index (κ3) is 3.06. The highest BCUT2D eigenvalue weighted by Gasteiger charge is 2.14. The Morgan fingerprint density at radius 1 is 1.14 bits per heavy atom. The topological polar surface area (TPSA) is 59.2 Å². The summed E-state index contributed by atoms with van der Waals surface area (Å²) in [4.78, 5) is 5.54. The van der Waals surface area contributed by atoms with Gasteiger partial charge in [0.25, 0.3) is 5.89 Å². The van der Waals surface area contributed by atoms with Gasteiger partial charge in [-0.05, 0) is 71.3 Å². The van der Waals surface area contributed by atoms with Gasteiger partial charge < -0.3 is 9.63 Å². The molecule has 0 aliphatic heterocycles. The monoisotopic (exact) mass is 410 g/mol. The van der Waals surface area contributed by atoms with E-state index in [9.17, 15) is 5.11 Å². The highest BCUT2D eigenvalue weighted by Crippen LogP contribution is 2.31. The van der Waals surface area contributed by atoms with Gasteiger partial charge in [-0.2, -0.15) is 4.98 Å². The fourth-order valence-corrected chi connectivity index (χ4v) is 2.77. The van der Waals surface area contributed by atoms with Crippen molar-refractivity contribution >= 4 is 34.4 Å². The first kappa shape index (κ1) is 14.4. The van der Waals surface area contributed by atoms with E-state index in [4.69, 9.17) is 4.52 Å². The van der Waals surface area contributed by atoms with Crippen LogP contribution in [0.1, 0.15) is 0 Å². The maximum absolute atomic E-state index is 9.90. The molecule has 4 nitrogen and oxygen atoms in total. The van der Waals surface area contributed by atoms with E-state index in [2.05, 4.69) is 32.7 Å². The van der Waals surface area contributed by atoms with Crippen LogP contribution in [0.25, 0.3) is 22.8 Å². The van der Waals surface area contributed by atoms with Crippen molar-refractivity contribution in [3.05, 3.63) is 46.0 Å². The molecule has 0 saturated heterocycles. The molecule has 21 heavy (non-hydrogen) atoms. The maximum atomic E-state index is 9.90. The summed E-state index contributed by atoms with van der Waals surface area (Å²) >= 11 is 3.85. The molecule has 1 N–H and O–H groups in total. The number of benzene rings is 2. The van der Waals surface area contributed by atoms with Gasteiger partial charge in [-0.1, -0.05) is 5.16 Å². The number of halogens is 1. The molecule has 0 aliphatic rings. The van der Waals surface area contributed by atoms with Gasteiger partial charge in [0.15, 0.2) is 0 Å². The Morgan fingerprint density at radius 2 is 1.90 bits per heavy atom. The molecule has 3 aromatic rings. The van der Waals surface area contributed by atoms with Crippen LogP contribution in [0.4, 0.5) is 0 Å². The van der Waals surface area contributed by atoms with Crippen molar-refractivity contribution in [2.24, 2.45) is 0 Å². The summed E-state index contributed by atoms with van der Waals surface area (Å²) in [6.45, 7) is 0. The number of phenolic OH excluding ortho intramolecular Hbond substituents is 1. The maximum Gasteiger partial charge on any atom is 0.262 e. The molecule has 1 aromatic heterocycles. The van der Waals surface area contributed by atoms with Crippen LogP contribution < -0.4 is 0 Å². The van der Waals surface area contributed by atoms with E-state index in [0.29, 0.717) is 17.3 Å². The molecule has 1 heterocycles. The molecule has 2 aromatic carbocycles. The molecule has 0 radical (unpaired) electrons. The molecule has 0 fully saturated rings. The Balaban J connectivity index is 1.97. The van der Waals surface area contributed by atoms with E-state index in [1.165, 1.54) is 4.90 Å². The van der Waals surface area contributed by atoms with E-state index in [1.54, 1.807) is 17.8 Å². The molecule has 0 saturated carbocycles. The number of nitrogens with zero attached hydrogens (tertiary/aromatic N) is 2. The number of thioether (sulfide) groups is 1. The quantitative estimate of drug-likeness (QED) is 0.511. The van der Waals surface area contributed by atoms with Gasteiger partial charge in [-0.25, -0.2) is 0 Å². The Kier molecular flexibility index (Phi) is 4.16. The highest BCUT2D eigenvalue weighted by molar-refractivity contribution is 14.1. The lowest BCUT2D eigenvalue weighted by Crippen LogP contribution is -1.83. The first-order chi connectivity index (χ1) is 10.2. The predicted molar refractivity (Wildman–Crippen MR) is 91.3 cm³/mol. The van der Waals surface area contributed by atoms with Gasteiger partial charge in [0.2, 0.25) is 5.82 Å². The molecule has 0 atom stereocenters. The van der Waals surface area contributed by atoms with Crippen LogP contribution in [0.5, 0.6) is 5.75 Å². The zero-order valence-electron chi connectivity index (χ0n) is 11.1. The average Bonchev–Trinajstić information content (AvgIpc) is 2.99. The fraction of sp³-hybridized carbons (Fsp3) is 0.0667. The second kappa shape index (κ2) is 6.07. The lowest BCUT2D eigenvalue weighted by molar-refractivity contribution is 0.425. The normalized spacial score (nSPS) is 10.8. The van der Waals surface area contributed by atoms with Crippen LogP contribution in [0.2, 0.25) is 0 Å². The van der Waals surface area contributed by atoms with Crippen molar-refractivity contribution in [2.75, 3.05) is 6.26 Å². The van der Waals surface area contributed by atoms with E-state index in [-0.39, 0.29) is 5.75 Å². The summed E-state index contributed by atoms with van der Waals surface area (Å²) < 4.78 is 6.26. The Labute approximate surface area is 139 Å². The van der Waals surface area contributed by atoms with Gasteiger partial charge in [-0.3, -0.25) is 0 Å². The number of hydrogen-bond acceptors (Lipinski definition) is 5. The average molecular weight is 410 g/mol. The Hall–Kier alpha value is -1.54. The lowest BCUT2D eigenvalue weighted by Gasteiger charge is -1.99. The molecular formula is C15H11IN2O2S. The molecule has 0 aliphatic carbocycles. The zero-order chi connectivity index (χ0) is 14.8. The number of phenols is 1. The Bertz CT molecular complexity index is 772. The molecule has 3 rings (SSSR count). The van der Waals surface area contributed by atoms with Crippen LogP contribution in [0.3, 0.4) is 0 Å². The largest absolute Gasteiger partial charge is 0.507 e. The van der Waals surface area contributed by atoms with Crippen LogP contribution in [0.15, 0.2) is 51.9 Å². The molecule has 0 unspecified atom stereocenters. The smallest absolute Gasteiger partial charge is 0.262 e. The van der Waals surface area contributed by atoms with E-state index in [1.807, 2.05) is 42.7 Å². The van der Waals surface area contributed by atoms with E-state index in [0.717, 1.165) is 9.13 Å². The summed E-state index contributed by atoms with van der Waals surface area (Å²) in [6, 6.07) is 13.2. The van der Waals surface area contributed by atoms with Crippen molar-refractivity contribution in [1.82, 2.24) is 10.1 Å². The molecule has 0 bridgehead atoms. The van der Waals surface area contributed by atoms with E-state index < -0.39 is 0 Å². The van der Waals surface area contributed by atoms with Gasteiger partial charge in [-0.15, -0.1) is 11.8 Å². The molecular weight excluding hydrogens is 399 g/mol. The molecule has 0 spiro atoms. The van der Waals surface area contributed by atoms with Crippen LogP contribution in [-0.2, 0) is 0 Å². The van der Waals surface area contributed by atoms with E-state index >= 15 is 0 Å². The summed E-state index contributed by atoms with van der Waals surface area (Å²) in [5, 5.41) is 13.9. The third-order valence-electron chi connectivity index (χ3n) is 2.96. The number of hydrogen-bond donors (Lipinski definition) is 1. The van der Waals surface area contributed by atoms with Crippen LogP contribution >= 0.6 is 34.4 Å². The first-order valence-electron chi connectivity index (χ1n) is 6.14. The summed E-state index contributed by atoms with van der Waals surface area (Å²) in [5.74, 6) is 0.953. The minimum atomic E-state index is 0.128. The van der Waals surface area contributed by atoms with Gasteiger partial charge in [0.1, 0.15) is 5.75 Å². The van der Waals surface area contributed by atoms with Crippen LogP contribution in [0, 0.1) is 3.57 Å². The summed E-state index contributed by atoms with van der Waals surface area (Å²) in [6.07, 6.45) is 2.03. The molecule has 6 heteroatoms. The van der Waals surface area contributed by atoms with Crippen molar-refractivity contribution in [3.8, 4) is 28.6 Å². The first-order valence-corrected chi connectivity index (χ1v) is 8.45. The molecule has 0 amide bonds. The Morgan fingerprint density at radius 3 is 2.62 bits per heavy atom. The summed E-state index contributed by atoms with van der Waals surface area (Å²) in [5.41, 5.74) is 1.43. The van der Waals surface area contributed by atoms with Gasteiger partial charge in [0, 0.05) is 14.0 Å². The highest BCUT2D eigenvalue weighted by atomic mass is 127. The SMILES string of the molecule is CSc1ccc(-c2noc(-c3cc(I)ccc3O)n2)cc1. The van der Waals surface area contributed by atoms with Gasteiger partial charge in [0.05, 0.1) is 5.56 Å². The number of rotatable bonds is 3. The van der Waals surface area contributed by atoms with Crippen molar-refractivity contribution in [1.29, 1.82) is 0 Å². The third-order valence-corrected chi connectivity index (χ3v) is 4.38. The van der Waals surface area contributed by atoms with Crippen molar-refractivity contribution < 1.29 is 9.63 Å². The zero-order valence-corrected chi connectivity index (χ0v) is 14.1. The number of aromatic nitrogens is 2. The fourth-order valence-electron chi connectivity index (χ4n) is 1.87. The predicted octanol–water partition coefficient (Wildman–Crippen LogP) is 4.44. The second-order valence-corrected chi connectivity index (χ2v) is 6.44. The number of aromatic hydroxyl groups is 1. The minimum absolute atomic E-state index is 0.128. The second-order valence-electron chi connectivity index (χ2n) is 4.31. The minimum Gasteiger partial charge on any atom is -0.507 e.